The van der Waals surface area contributed by atoms with Gasteiger partial charge in [-0.05, 0) is 31.4 Å². The van der Waals surface area contributed by atoms with Crippen LogP contribution in [0.15, 0.2) is 29.4 Å². The summed E-state index contributed by atoms with van der Waals surface area (Å²) in [5.74, 6) is 2.75. The second-order valence-electron chi connectivity index (χ2n) is 7.14. The first-order chi connectivity index (χ1) is 13.9. The summed E-state index contributed by atoms with van der Waals surface area (Å²) in [5.41, 5.74) is 1.00. The first kappa shape index (κ1) is 19.5. The van der Waals surface area contributed by atoms with Gasteiger partial charge in [0.05, 0.1) is 26.0 Å². The molecule has 2 aliphatic heterocycles. The lowest BCUT2D eigenvalue weighted by molar-refractivity contribution is 0.0410. The van der Waals surface area contributed by atoms with Gasteiger partial charge in [-0.2, -0.15) is 0 Å². The van der Waals surface area contributed by atoms with E-state index in [1.165, 1.54) is 19.3 Å². The number of rotatable bonds is 7. The summed E-state index contributed by atoms with van der Waals surface area (Å²) in [4.78, 5) is 4.81. The lowest BCUT2D eigenvalue weighted by atomic mass is 10.1. The van der Waals surface area contributed by atoms with E-state index in [0.717, 1.165) is 74.2 Å². The molecule has 4 rings (SSSR count). The number of ether oxygens (including phenoxy) is 2. The zero-order chi connectivity index (χ0) is 19.2. The van der Waals surface area contributed by atoms with Crippen LogP contribution in [0, 0.1) is 0 Å². The number of methoxy groups -OCH3 is 1. The first-order valence-electron chi connectivity index (χ1n) is 10.1. The van der Waals surface area contributed by atoms with Crippen LogP contribution < -0.4 is 9.64 Å². The number of para-hydroxylation sites is 2. The van der Waals surface area contributed by atoms with E-state index < -0.39 is 0 Å². The number of thioether (sulfide) groups is 1. The number of aromatic nitrogens is 3. The average molecular weight is 404 g/mol. The Labute approximate surface area is 171 Å². The Morgan fingerprint density at radius 3 is 2.61 bits per heavy atom. The van der Waals surface area contributed by atoms with Crippen LogP contribution in [0.3, 0.4) is 0 Å². The maximum atomic E-state index is 5.64. The number of nitrogens with zero attached hydrogens (tertiary/aromatic N) is 5. The second-order valence-corrected chi connectivity index (χ2v) is 8.20. The van der Waals surface area contributed by atoms with Crippen molar-refractivity contribution in [3.05, 3.63) is 24.3 Å². The van der Waals surface area contributed by atoms with E-state index in [1.807, 2.05) is 18.2 Å². The molecule has 28 heavy (non-hydrogen) atoms. The molecule has 0 saturated carbocycles. The van der Waals surface area contributed by atoms with Gasteiger partial charge in [0, 0.05) is 38.5 Å². The summed E-state index contributed by atoms with van der Waals surface area (Å²) in [7, 11) is 1.72. The fourth-order valence-electron chi connectivity index (χ4n) is 3.77. The topological polar surface area (TPSA) is 55.6 Å². The number of hydrogen-bond acceptors (Lipinski definition) is 7. The molecule has 7 nitrogen and oxygen atoms in total. The predicted octanol–water partition coefficient (Wildman–Crippen LogP) is 2.69. The summed E-state index contributed by atoms with van der Waals surface area (Å²) >= 11 is 1.76. The molecule has 152 valence electrons. The number of anilines is 1. The minimum atomic E-state index is 0.834. The molecule has 0 radical (unpaired) electrons. The standard InChI is InChI=1S/C20H29N5O2S/c1-26-18-8-4-3-7-17(18)25-19(24-9-5-2-6-10-24)21-22-20(25)28-16-13-23-11-14-27-15-12-23/h3-4,7-8H,2,5-6,9-16H2,1H3. The monoisotopic (exact) mass is 403 g/mol. The predicted molar refractivity (Wildman–Crippen MR) is 112 cm³/mol. The first-order valence-corrected chi connectivity index (χ1v) is 11.1. The Bertz CT molecular complexity index is 757. The lowest BCUT2D eigenvalue weighted by Gasteiger charge is -2.28. The van der Waals surface area contributed by atoms with Crippen LogP contribution in [0.1, 0.15) is 19.3 Å². The van der Waals surface area contributed by atoms with Crippen molar-refractivity contribution in [3.8, 4) is 11.4 Å². The Balaban J connectivity index is 1.57. The quantitative estimate of drug-likeness (QED) is 0.659. The maximum absolute atomic E-state index is 5.64. The number of hydrogen-bond donors (Lipinski definition) is 0. The molecule has 0 N–H and O–H groups in total. The molecular weight excluding hydrogens is 374 g/mol. The number of piperidine rings is 1. The van der Waals surface area contributed by atoms with Crippen molar-refractivity contribution >= 4 is 17.7 Å². The summed E-state index contributed by atoms with van der Waals surface area (Å²) < 4.78 is 13.3. The van der Waals surface area contributed by atoms with Crippen molar-refractivity contribution in [1.29, 1.82) is 0 Å². The van der Waals surface area contributed by atoms with E-state index in [2.05, 4.69) is 30.6 Å². The van der Waals surface area contributed by atoms with Gasteiger partial charge in [0.25, 0.3) is 0 Å². The minimum absolute atomic E-state index is 0.834. The van der Waals surface area contributed by atoms with Crippen molar-refractivity contribution in [1.82, 2.24) is 19.7 Å². The third-order valence-corrected chi connectivity index (χ3v) is 6.23. The van der Waals surface area contributed by atoms with E-state index in [-0.39, 0.29) is 0 Å². The van der Waals surface area contributed by atoms with Gasteiger partial charge in [0.15, 0.2) is 5.16 Å². The zero-order valence-electron chi connectivity index (χ0n) is 16.5. The fraction of sp³-hybridized carbons (Fsp3) is 0.600. The summed E-state index contributed by atoms with van der Waals surface area (Å²) in [6.07, 6.45) is 3.71. The molecule has 0 atom stereocenters. The molecular formula is C20H29N5O2S. The second kappa shape index (κ2) is 9.62. The Kier molecular flexibility index (Phi) is 6.72. The van der Waals surface area contributed by atoms with Gasteiger partial charge in [0.1, 0.15) is 5.75 Å². The van der Waals surface area contributed by atoms with Crippen molar-refractivity contribution in [2.24, 2.45) is 0 Å². The molecule has 0 amide bonds. The van der Waals surface area contributed by atoms with Crippen LogP contribution in [0.5, 0.6) is 5.75 Å². The van der Waals surface area contributed by atoms with E-state index in [0.29, 0.717) is 0 Å². The molecule has 2 fully saturated rings. The highest BCUT2D eigenvalue weighted by atomic mass is 32.2. The molecule has 0 unspecified atom stereocenters. The Morgan fingerprint density at radius 1 is 1.04 bits per heavy atom. The largest absolute Gasteiger partial charge is 0.495 e. The minimum Gasteiger partial charge on any atom is -0.495 e. The zero-order valence-corrected chi connectivity index (χ0v) is 17.4. The van der Waals surface area contributed by atoms with Gasteiger partial charge in [-0.15, -0.1) is 10.2 Å². The van der Waals surface area contributed by atoms with Crippen LogP contribution in [0.25, 0.3) is 5.69 Å². The Morgan fingerprint density at radius 2 is 1.82 bits per heavy atom. The van der Waals surface area contributed by atoms with Crippen LogP contribution in [-0.2, 0) is 4.74 Å². The highest BCUT2D eigenvalue weighted by Gasteiger charge is 2.23. The fourth-order valence-corrected chi connectivity index (χ4v) is 4.71. The van der Waals surface area contributed by atoms with Gasteiger partial charge in [-0.3, -0.25) is 9.47 Å². The SMILES string of the molecule is COc1ccccc1-n1c(SCCN2CCOCC2)nnc1N1CCCCC1. The van der Waals surface area contributed by atoms with Crippen molar-refractivity contribution in [2.45, 2.75) is 24.4 Å². The normalized spacial score (nSPS) is 18.4. The van der Waals surface area contributed by atoms with E-state index in [1.54, 1.807) is 18.9 Å². The Hall–Kier alpha value is -1.77. The highest BCUT2D eigenvalue weighted by Crippen LogP contribution is 2.32. The van der Waals surface area contributed by atoms with Crippen molar-refractivity contribution in [2.75, 3.05) is 63.7 Å². The van der Waals surface area contributed by atoms with Crippen molar-refractivity contribution in [3.63, 3.8) is 0 Å². The van der Waals surface area contributed by atoms with Gasteiger partial charge >= 0.3 is 0 Å². The molecule has 0 aliphatic carbocycles. The van der Waals surface area contributed by atoms with E-state index >= 15 is 0 Å². The maximum Gasteiger partial charge on any atom is 0.232 e. The molecule has 2 aromatic rings. The summed E-state index contributed by atoms with van der Waals surface area (Å²) in [6, 6.07) is 8.12. The summed E-state index contributed by atoms with van der Waals surface area (Å²) in [6.45, 7) is 6.79. The number of benzene rings is 1. The molecule has 3 heterocycles. The molecule has 0 spiro atoms. The highest BCUT2D eigenvalue weighted by molar-refractivity contribution is 7.99. The van der Waals surface area contributed by atoms with Gasteiger partial charge in [0.2, 0.25) is 5.95 Å². The smallest absolute Gasteiger partial charge is 0.232 e. The summed E-state index contributed by atoms with van der Waals surface area (Å²) in [5, 5.41) is 10.1. The van der Waals surface area contributed by atoms with Crippen LogP contribution in [0.4, 0.5) is 5.95 Å². The van der Waals surface area contributed by atoms with Crippen LogP contribution >= 0.6 is 11.8 Å². The molecule has 8 heteroatoms. The molecule has 2 saturated heterocycles. The van der Waals surface area contributed by atoms with E-state index in [9.17, 15) is 0 Å². The molecule has 1 aromatic carbocycles. The third kappa shape index (κ3) is 4.45. The van der Waals surface area contributed by atoms with E-state index in [4.69, 9.17) is 9.47 Å². The van der Waals surface area contributed by atoms with Gasteiger partial charge in [-0.1, -0.05) is 23.9 Å². The molecule has 2 aliphatic rings. The van der Waals surface area contributed by atoms with Crippen LogP contribution in [-0.4, -0.2) is 78.5 Å². The van der Waals surface area contributed by atoms with Gasteiger partial charge < -0.3 is 14.4 Å². The van der Waals surface area contributed by atoms with Gasteiger partial charge in [-0.25, -0.2) is 0 Å². The lowest BCUT2D eigenvalue weighted by Crippen LogP contribution is -2.37. The van der Waals surface area contributed by atoms with Crippen molar-refractivity contribution < 1.29 is 9.47 Å². The number of morpholine rings is 1. The third-order valence-electron chi connectivity index (χ3n) is 5.32. The molecule has 0 bridgehead atoms. The van der Waals surface area contributed by atoms with Crippen LogP contribution in [0.2, 0.25) is 0 Å². The average Bonchev–Trinajstić information content (AvgIpc) is 3.19. The molecule has 1 aromatic heterocycles.